The van der Waals surface area contributed by atoms with E-state index in [9.17, 15) is 9.59 Å². The van der Waals surface area contributed by atoms with E-state index in [0.29, 0.717) is 11.4 Å². The summed E-state index contributed by atoms with van der Waals surface area (Å²) in [4.78, 5) is 21.8. The Labute approximate surface area is 88.7 Å². The molecule has 0 fully saturated rings. The molecule has 0 heterocycles. The van der Waals surface area contributed by atoms with Crippen molar-refractivity contribution in [2.75, 3.05) is 10.6 Å². The highest BCUT2D eigenvalue weighted by Crippen LogP contribution is 2.23. The quantitative estimate of drug-likeness (QED) is 0.776. The number of amides is 2. The fourth-order valence-electron chi connectivity index (χ4n) is 1.29. The van der Waals surface area contributed by atoms with E-state index in [1.807, 2.05) is 6.92 Å². The molecule has 1 rings (SSSR count). The number of benzene rings is 1. The van der Waals surface area contributed by atoms with Crippen LogP contribution in [0.25, 0.3) is 0 Å². The first-order valence-corrected chi connectivity index (χ1v) is 4.65. The van der Waals surface area contributed by atoms with E-state index in [1.165, 1.54) is 13.8 Å². The van der Waals surface area contributed by atoms with Crippen molar-refractivity contribution in [3.05, 3.63) is 23.8 Å². The minimum absolute atomic E-state index is 0.127. The predicted molar refractivity (Wildman–Crippen MR) is 59.8 cm³/mol. The number of anilines is 2. The van der Waals surface area contributed by atoms with Crippen molar-refractivity contribution < 1.29 is 9.59 Å². The van der Waals surface area contributed by atoms with Gasteiger partial charge in [-0.2, -0.15) is 0 Å². The Bertz CT molecular complexity index is 365. The van der Waals surface area contributed by atoms with Gasteiger partial charge in [0, 0.05) is 25.2 Å². The molecular formula is C11H14N2O2. The molecule has 0 aromatic heterocycles. The minimum atomic E-state index is -0.127. The first kappa shape index (κ1) is 11.2. The molecule has 0 saturated carbocycles. The Kier molecular flexibility index (Phi) is 3.44. The molecule has 2 amide bonds. The molecule has 0 radical (unpaired) electrons. The molecular weight excluding hydrogens is 192 g/mol. The molecule has 0 saturated heterocycles. The van der Waals surface area contributed by atoms with Crippen LogP contribution in [-0.4, -0.2) is 11.8 Å². The summed E-state index contributed by atoms with van der Waals surface area (Å²) in [6, 6.07) is 5.37. The zero-order chi connectivity index (χ0) is 11.4. The van der Waals surface area contributed by atoms with Crippen LogP contribution in [0.5, 0.6) is 0 Å². The van der Waals surface area contributed by atoms with Gasteiger partial charge in [-0.1, -0.05) is 6.07 Å². The summed E-state index contributed by atoms with van der Waals surface area (Å²) in [5.74, 6) is -0.254. The molecule has 4 nitrogen and oxygen atoms in total. The summed E-state index contributed by atoms with van der Waals surface area (Å²) >= 11 is 0. The zero-order valence-corrected chi connectivity index (χ0v) is 9.05. The molecule has 4 heteroatoms. The lowest BCUT2D eigenvalue weighted by molar-refractivity contribution is -0.115. The molecule has 1 aromatic carbocycles. The van der Waals surface area contributed by atoms with E-state index >= 15 is 0 Å². The van der Waals surface area contributed by atoms with Crippen molar-refractivity contribution in [2.24, 2.45) is 0 Å². The van der Waals surface area contributed by atoms with Crippen LogP contribution in [-0.2, 0) is 9.59 Å². The smallest absolute Gasteiger partial charge is 0.221 e. The number of hydrogen-bond donors (Lipinski definition) is 2. The van der Waals surface area contributed by atoms with Crippen molar-refractivity contribution in [3.8, 4) is 0 Å². The van der Waals surface area contributed by atoms with Gasteiger partial charge < -0.3 is 10.6 Å². The van der Waals surface area contributed by atoms with Crippen LogP contribution in [0.2, 0.25) is 0 Å². The number of rotatable bonds is 2. The third-order valence-electron chi connectivity index (χ3n) is 1.96. The van der Waals surface area contributed by atoms with E-state index in [4.69, 9.17) is 0 Å². The second kappa shape index (κ2) is 4.59. The Morgan fingerprint density at radius 1 is 1.00 bits per heavy atom. The maximum Gasteiger partial charge on any atom is 0.221 e. The Morgan fingerprint density at radius 2 is 1.40 bits per heavy atom. The van der Waals surface area contributed by atoms with Gasteiger partial charge in [0.25, 0.3) is 0 Å². The minimum Gasteiger partial charge on any atom is -0.326 e. The average Bonchev–Trinajstić information content (AvgIpc) is 2.10. The Morgan fingerprint density at radius 3 is 1.73 bits per heavy atom. The number of hydrogen-bond acceptors (Lipinski definition) is 2. The average molecular weight is 206 g/mol. The zero-order valence-electron chi connectivity index (χ0n) is 9.05. The van der Waals surface area contributed by atoms with Gasteiger partial charge >= 0.3 is 0 Å². The molecule has 80 valence electrons. The van der Waals surface area contributed by atoms with Crippen LogP contribution in [0, 0.1) is 6.92 Å². The summed E-state index contributed by atoms with van der Waals surface area (Å²) < 4.78 is 0. The van der Waals surface area contributed by atoms with Gasteiger partial charge in [0.1, 0.15) is 0 Å². The van der Waals surface area contributed by atoms with Crippen molar-refractivity contribution >= 4 is 23.2 Å². The monoisotopic (exact) mass is 206 g/mol. The van der Waals surface area contributed by atoms with Crippen molar-refractivity contribution in [1.29, 1.82) is 0 Å². The molecule has 0 aliphatic carbocycles. The fourth-order valence-corrected chi connectivity index (χ4v) is 1.29. The van der Waals surface area contributed by atoms with Gasteiger partial charge in [-0.3, -0.25) is 9.59 Å². The lowest BCUT2D eigenvalue weighted by Crippen LogP contribution is -2.11. The lowest BCUT2D eigenvalue weighted by atomic mass is 10.1. The van der Waals surface area contributed by atoms with Crippen molar-refractivity contribution in [3.63, 3.8) is 0 Å². The second-order valence-electron chi connectivity index (χ2n) is 3.34. The Hall–Kier alpha value is -1.84. The summed E-state index contributed by atoms with van der Waals surface area (Å²) in [6.45, 7) is 4.74. The van der Waals surface area contributed by atoms with Crippen LogP contribution in [0.1, 0.15) is 19.4 Å². The van der Waals surface area contributed by atoms with Crippen molar-refractivity contribution in [2.45, 2.75) is 20.8 Å². The van der Waals surface area contributed by atoms with E-state index in [0.717, 1.165) is 5.56 Å². The molecule has 0 unspecified atom stereocenters. The van der Waals surface area contributed by atoms with Crippen molar-refractivity contribution in [1.82, 2.24) is 0 Å². The van der Waals surface area contributed by atoms with Gasteiger partial charge in [0.05, 0.1) is 0 Å². The summed E-state index contributed by atoms with van der Waals surface area (Å²) in [5.41, 5.74) is 2.28. The Balaban J connectivity index is 2.99. The van der Waals surface area contributed by atoms with Gasteiger partial charge in [-0.25, -0.2) is 0 Å². The van der Waals surface area contributed by atoms with Crippen LogP contribution in [0.3, 0.4) is 0 Å². The standard InChI is InChI=1S/C11H14N2O2/c1-7-10(12-8(2)14)5-4-6-11(7)13-9(3)15/h4-6H,1-3H3,(H,12,14)(H,13,15). The molecule has 15 heavy (non-hydrogen) atoms. The summed E-state index contributed by atoms with van der Waals surface area (Å²) in [5, 5.41) is 5.39. The molecule has 0 aliphatic heterocycles. The second-order valence-corrected chi connectivity index (χ2v) is 3.34. The van der Waals surface area contributed by atoms with Gasteiger partial charge in [0.15, 0.2) is 0 Å². The van der Waals surface area contributed by atoms with E-state index in [-0.39, 0.29) is 11.8 Å². The van der Waals surface area contributed by atoms with Crippen LogP contribution in [0.4, 0.5) is 11.4 Å². The number of carbonyl (C=O) groups excluding carboxylic acids is 2. The van der Waals surface area contributed by atoms with Gasteiger partial charge in [-0.15, -0.1) is 0 Å². The molecule has 0 atom stereocenters. The predicted octanol–water partition coefficient (Wildman–Crippen LogP) is 1.91. The highest BCUT2D eigenvalue weighted by atomic mass is 16.2. The molecule has 0 spiro atoms. The molecule has 0 bridgehead atoms. The van der Waals surface area contributed by atoms with Gasteiger partial charge in [-0.05, 0) is 24.6 Å². The third kappa shape index (κ3) is 3.09. The van der Waals surface area contributed by atoms with Crippen LogP contribution >= 0.6 is 0 Å². The topological polar surface area (TPSA) is 58.2 Å². The SMILES string of the molecule is CC(=O)Nc1cccc(NC(C)=O)c1C. The molecule has 2 N–H and O–H groups in total. The normalized spacial score (nSPS) is 9.53. The van der Waals surface area contributed by atoms with Gasteiger partial charge in [0.2, 0.25) is 11.8 Å². The third-order valence-corrected chi connectivity index (χ3v) is 1.96. The summed E-state index contributed by atoms with van der Waals surface area (Å²) in [7, 11) is 0. The number of nitrogens with one attached hydrogen (secondary N) is 2. The lowest BCUT2D eigenvalue weighted by Gasteiger charge is -2.11. The van der Waals surface area contributed by atoms with E-state index in [1.54, 1.807) is 18.2 Å². The first-order valence-electron chi connectivity index (χ1n) is 4.65. The summed E-state index contributed by atoms with van der Waals surface area (Å²) in [6.07, 6.45) is 0. The largest absolute Gasteiger partial charge is 0.326 e. The molecule has 1 aromatic rings. The number of carbonyl (C=O) groups is 2. The fraction of sp³-hybridized carbons (Fsp3) is 0.273. The van der Waals surface area contributed by atoms with E-state index in [2.05, 4.69) is 10.6 Å². The molecule has 0 aliphatic rings. The highest BCUT2D eigenvalue weighted by Gasteiger charge is 2.05. The van der Waals surface area contributed by atoms with Crippen LogP contribution in [0.15, 0.2) is 18.2 Å². The first-order chi connectivity index (χ1) is 7.00. The van der Waals surface area contributed by atoms with E-state index < -0.39 is 0 Å². The maximum absolute atomic E-state index is 10.9. The van der Waals surface area contributed by atoms with Crippen LogP contribution < -0.4 is 10.6 Å². The highest BCUT2D eigenvalue weighted by molar-refractivity contribution is 5.94. The maximum atomic E-state index is 10.9.